The number of fused-ring (bicyclic) bond motifs is 2. The van der Waals surface area contributed by atoms with Crippen molar-refractivity contribution in [2.24, 2.45) is 5.41 Å². The lowest BCUT2D eigenvalue weighted by molar-refractivity contribution is -0.147. The number of carbonyl (C=O) groups excluding carboxylic acids is 8. The van der Waals surface area contributed by atoms with Crippen LogP contribution >= 0.6 is 18.9 Å². The van der Waals surface area contributed by atoms with Crippen LogP contribution in [0.3, 0.4) is 0 Å². The standard InChI is InChI=1S/C53H57F2N6O12PS/c1-52(2,3)45(58-47(65)41-26-34-25-35(19-21-40(34)75-41)53(54,55)74(70,71)72)51(69)60-29-36(27-39(60)49(67)59-24-12-17-33(28-59)31-13-8-6-9-14-31)73-30-43(63)56-23-10-5-4-7-15-32-16-11-18-37-44(32)50(68)61(48(37)66)38-20-22-42(62)57-46(38)64/h6,8-9,11,13-14,16,18-19,21,25-26,33,36,38-39,45H,4-5,10,12,17,20,22-24,27-30H2,1-3H3,(H,56,63)(H,58,65)(H,57,62,64)(H2,70,71,72)/t33-,36-,38?,39-,45+/m0/s1. The number of hydrogen-bond donors (Lipinski definition) is 5. The Morgan fingerprint density at radius 3 is 2.43 bits per heavy atom. The molecule has 4 aliphatic rings. The van der Waals surface area contributed by atoms with E-state index >= 15 is 0 Å². The first-order valence-corrected chi connectivity index (χ1v) is 27.1. The van der Waals surface area contributed by atoms with Gasteiger partial charge >= 0.3 is 13.3 Å². The van der Waals surface area contributed by atoms with Gasteiger partial charge in [-0.3, -0.25) is 53.1 Å². The van der Waals surface area contributed by atoms with Crippen LogP contribution in [0, 0.1) is 17.3 Å². The summed E-state index contributed by atoms with van der Waals surface area (Å²) in [4.78, 5) is 130. The van der Waals surface area contributed by atoms with Crippen molar-refractivity contribution >= 4 is 76.3 Å². The Balaban J connectivity index is 0.891. The molecule has 3 aromatic carbocycles. The highest BCUT2D eigenvalue weighted by Crippen LogP contribution is 2.59. The number of hydrogen-bond acceptors (Lipinski definition) is 11. The van der Waals surface area contributed by atoms with E-state index in [1.165, 1.54) is 23.1 Å². The maximum absolute atomic E-state index is 14.8. The van der Waals surface area contributed by atoms with Gasteiger partial charge in [0.1, 0.15) is 24.7 Å². The number of thiophene rings is 1. The zero-order valence-electron chi connectivity index (χ0n) is 41.4. The van der Waals surface area contributed by atoms with E-state index in [9.17, 15) is 61.5 Å². The molecule has 5 heterocycles. The summed E-state index contributed by atoms with van der Waals surface area (Å²) in [5, 5.41) is 7.94. The Kier molecular flexibility index (Phi) is 16.2. The van der Waals surface area contributed by atoms with Crippen LogP contribution in [0.5, 0.6) is 0 Å². The summed E-state index contributed by atoms with van der Waals surface area (Å²) in [7, 11) is -5.86. The highest BCUT2D eigenvalue weighted by atomic mass is 32.1. The minimum absolute atomic E-state index is 0.00159. The number of benzene rings is 3. The van der Waals surface area contributed by atoms with Gasteiger partial charge in [-0.2, -0.15) is 8.78 Å². The number of alkyl halides is 2. The average Bonchev–Trinajstić information content (AvgIpc) is 4.09. The molecule has 0 radical (unpaired) electrons. The lowest BCUT2D eigenvalue weighted by Crippen LogP contribution is -2.58. The Bertz CT molecular complexity index is 3060. The smallest absolute Gasteiger partial charge is 0.366 e. The third-order valence-electron chi connectivity index (χ3n) is 13.9. The Morgan fingerprint density at radius 1 is 0.947 bits per heavy atom. The van der Waals surface area contributed by atoms with Gasteiger partial charge in [0.15, 0.2) is 0 Å². The first-order chi connectivity index (χ1) is 35.5. The van der Waals surface area contributed by atoms with Crippen LogP contribution in [0.2, 0.25) is 0 Å². The van der Waals surface area contributed by atoms with E-state index in [-0.39, 0.29) is 72.2 Å². The number of nitrogens with one attached hydrogen (secondary N) is 3. The zero-order valence-corrected chi connectivity index (χ0v) is 43.1. The molecule has 1 aromatic heterocycles. The summed E-state index contributed by atoms with van der Waals surface area (Å²) < 4.78 is 47.2. The van der Waals surface area contributed by atoms with E-state index < -0.39 is 89.8 Å². The van der Waals surface area contributed by atoms with Gasteiger partial charge in [-0.1, -0.05) is 75.1 Å². The van der Waals surface area contributed by atoms with Gasteiger partial charge in [0.2, 0.25) is 29.5 Å². The quantitative estimate of drug-likeness (QED) is 0.0435. The number of nitrogens with zero attached hydrogens (tertiary/aromatic N) is 3. The van der Waals surface area contributed by atoms with Crippen molar-refractivity contribution < 1.29 is 66.2 Å². The van der Waals surface area contributed by atoms with Crippen molar-refractivity contribution in [1.29, 1.82) is 0 Å². The number of piperidine rings is 2. The van der Waals surface area contributed by atoms with Crippen LogP contribution < -0.4 is 16.0 Å². The van der Waals surface area contributed by atoms with Gasteiger partial charge in [0, 0.05) is 67.2 Å². The van der Waals surface area contributed by atoms with Crippen LogP contribution in [-0.4, -0.2) is 129 Å². The van der Waals surface area contributed by atoms with Gasteiger partial charge in [-0.05, 0) is 78.8 Å². The van der Waals surface area contributed by atoms with Crippen molar-refractivity contribution in [1.82, 2.24) is 30.7 Å². The Labute approximate surface area is 435 Å². The van der Waals surface area contributed by atoms with Gasteiger partial charge in [0.05, 0.1) is 22.1 Å². The number of ether oxygens (including phenoxy) is 1. The number of halogens is 2. The molecule has 8 amide bonds. The molecule has 0 aliphatic carbocycles. The molecule has 1 unspecified atom stereocenters. The van der Waals surface area contributed by atoms with Crippen molar-refractivity contribution in [3.63, 3.8) is 0 Å². The van der Waals surface area contributed by atoms with Crippen molar-refractivity contribution in [2.45, 2.75) is 108 Å². The molecule has 5 N–H and O–H groups in total. The number of carbonyl (C=O) groups is 8. The highest BCUT2D eigenvalue weighted by Gasteiger charge is 2.51. The molecule has 4 aromatic rings. The van der Waals surface area contributed by atoms with E-state index in [4.69, 9.17) is 4.74 Å². The maximum Gasteiger partial charge on any atom is 0.399 e. The number of rotatable bonds is 15. The first kappa shape index (κ1) is 54.6. The number of unbranched alkanes of at least 4 members (excludes halogenated alkanes) is 2. The molecule has 8 rings (SSSR count). The summed E-state index contributed by atoms with van der Waals surface area (Å²) in [6, 6.07) is 15.6. The number of imide groups is 2. The summed E-state index contributed by atoms with van der Waals surface area (Å²) in [6.07, 6.45) is 2.46. The van der Waals surface area contributed by atoms with E-state index in [1.807, 2.05) is 30.3 Å². The van der Waals surface area contributed by atoms with E-state index in [2.05, 4.69) is 27.8 Å². The lowest BCUT2D eigenvalue weighted by Gasteiger charge is -2.38. The largest absolute Gasteiger partial charge is 0.399 e. The molecular formula is C53H57F2N6O12PS. The van der Waals surface area contributed by atoms with Crippen molar-refractivity contribution in [3.8, 4) is 11.8 Å². The predicted molar refractivity (Wildman–Crippen MR) is 270 cm³/mol. The Morgan fingerprint density at radius 2 is 1.71 bits per heavy atom. The van der Waals surface area contributed by atoms with E-state index in [1.54, 1.807) is 37.8 Å². The molecule has 22 heteroatoms. The van der Waals surface area contributed by atoms with Crippen LogP contribution in [0.15, 0.2) is 72.8 Å². The predicted octanol–water partition coefficient (Wildman–Crippen LogP) is 5.40. The Hall–Kier alpha value is -6.69. The maximum atomic E-state index is 14.8. The van der Waals surface area contributed by atoms with Crippen molar-refractivity contribution in [3.05, 3.63) is 105 Å². The molecule has 75 heavy (non-hydrogen) atoms. The van der Waals surface area contributed by atoms with Crippen LogP contribution in [0.4, 0.5) is 8.78 Å². The zero-order chi connectivity index (χ0) is 54.0. The monoisotopic (exact) mass is 1070 g/mol. The summed E-state index contributed by atoms with van der Waals surface area (Å²) in [5.41, 5.74) is -4.65. The lowest BCUT2D eigenvalue weighted by atomic mass is 9.85. The molecule has 0 saturated carbocycles. The fourth-order valence-electron chi connectivity index (χ4n) is 9.90. The second-order valence-corrected chi connectivity index (χ2v) is 22.9. The van der Waals surface area contributed by atoms with Gasteiger partial charge in [-0.25, -0.2) is 0 Å². The van der Waals surface area contributed by atoms with E-state index in [0.29, 0.717) is 42.6 Å². The van der Waals surface area contributed by atoms with Crippen LogP contribution in [0.25, 0.3) is 10.1 Å². The molecule has 0 spiro atoms. The molecule has 5 atom stereocenters. The van der Waals surface area contributed by atoms with Crippen LogP contribution in [0.1, 0.15) is 125 Å². The highest BCUT2D eigenvalue weighted by molar-refractivity contribution is 7.52. The topological polar surface area (TPSA) is 249 Å². The molecule has 396 valence electrons. The van der Waals surface area contributed by atoms with Crippen LogP contribution in [-0.2, 0) is 38.9 Å². The minimum atomic E-state index is -5.86. The fraction of sp³-hybridized carbons (Fsp3) is 0.434. The molecular weight excluding hydrogens is 1010 g/mol. The number of likely N-dealkylation sites (tertiary alicyclic amines) is 2. The molecule has 3 fully saturated rings. The van der Waals surface area contributed by atoms with E-state index in [0.717, 1.165) is 46.8 Å². The normalized spacial score (nSPS) is 20.6. The molecule has 4 aliphatic heterocycles. The third-order valence-corrected chi connectivity index (χ3v) is 16.0. The summed E-state index contributed by atoms with van der Waals surface area (Å²) >= 11 is 0.940. The number of amides is 8. The van der Waals surface area contributed by atoms with Crippen molar-refractivity contribution in [2.75, 3.05) is 32.8 Å². The van der Waals surface area contributed by atoms with Gasteiger partial charge < -0.3 is 35.0 Å². The molecule has 18 nitrogen and oxygen atoms in total. The molecule has 0 bridgehead atoms. The summed E-state index contributed by atoms with van der Waals surface area (Å²) in [6.45, 7) is 5.95. The first-order valence-electron chi connectivity index (χ1n) is 24.7. The third kappa shape index (κ3) is 11.9. The minimum Gasteiger partial charge on any atom is -0.366 e. The summed E-state index contributed by atoms with van der Waals surface area (Å²) in [5.74, 6) is 1.60. The SMILES string of the molecule is CC(C)(C)[C@H](NC(=O)c1cc2cc(C(F)(F)P(=O)(O)O)ccc2s1)C(=O)N1C[C@@H](OCC(=O)NCCCCC#Cc2cccc3c2C(=O)N(C2CCC(=O)NC2=O)C3=O)C[C@H]1C(=O)N1CCC[C@H](c2ccccc2)C1. The second-order valence-electron chi connectivity index (χ2n) is 20.2. The average molecular weight is 1070 g/mol. The van der Waals surface area contributed by atoms with Gasteiger partial charge in [-0.15, -0.1) is 11.3 Å². The van der Waals surface area contributed by atoms with Gasteiger partial charge in [0.25, 0.3) is 17.7 Å². The molecule has 3 saturated heterocycles. The fourth-order valence-corrected chi connectivity index (χ4v) is 11.3. The second kappa shape index (κ2) is 22.3.